The normalized spacial score (nSPS) is 21.3. The van der Waals surface area contributed by atoms with E-state index in [1.54, 1.807) is 42.5 Å². The Bertz CT molecular complexity index is 1400. The van der Waals surface area contributed by atoms with Gasteiger partial charge in [0.15, 0.2) is 28.9 Å². The molecule has 0 spiro atoms. The zero-order chi connectivity index (χ0) is 26.7. The van der Waals surface area contributed by atoms with Gasteiger partial charge in [-0.15, -0.1) is 0 Å². The van der Waals surface area contributed by atoms with Gasteiger partial charge in [0.25, 0.3) is 5.56 Å². The van der Waals surface area contributed by atoms with Crippen molar-refractivity contribution >= 4 is 56.5 Å². The Labute approximate surface area is 224 Å². The van der Waals surface area contributed by atoms with Gasteiger partial charge in [-0.1, -0.05) is 45.9 Å². The summed E-state index contributed by atoms with van der Waals surface area (Å²) in [6.45, 7) is 3.48. The van der Waals surface area contributed by atoms with Crippen molar-refractivity contribution < 1.29 is 33.3 Å². The van der Waals surface area contributed by atoms with Gasteiger partial charge in [0, 0.05) is 25.2 Å². The van der Waals surface area contributed by atoms with Gasteiger partial charge in [0.2, 0.25) is 0 Å². The number of carbonyl (C=O) groups excluding carboxylic acids is 3. The summed E-state index contributed by atoms with van der Waals surface area (Å²) in [7, 11) is 0. The van der Waals surface area contributed by atoms with Crippen LogP contribution in [-0.4, -0.2) is 57.8 Å². The quantitative estimate of drug-likeness (QED) is 0.240. The van der Waals surface area contributed by atoms with Crippen LogP contribution in [0.25, 0.3) is 16.6 Å². The summed E-state index contributed by atoms with van der Waals surface area (Å²) in [6, 6.07) is 14.1. The number of carbonyl (C=O) groups is 3. The lowest BCUT2D eigenvalue weighted by molar-refractivity contribution is -0.213. The van der Waals surface area contributed by atoms with Crippen LogP contribution in [0, 0.1) is 0 Å². The summed E-state index contributed by atoms with van der Waals surface area (Å²) in [5, 5.41) is 0.664. The Morgan fingerprint density at radius 1 is 0.973 bits per heavy atom. The van der Waals surface area contributed by atoms with Gasteiger partial charge in [-0.05, 0) is 30.3 Å². The zero-order valence-corrected chi connectivity index (χ0v) is 22.5. The molecule has 0 saturated carbocycles. The number of para-hydroxylation sites is 1. The highest BCUT2D eigenvalue weighted by Gasteiger charge is 2.47. The molecule has 2 heterocycles. The molecule has 1 aliphatic rings. The molecule has 194 valence electrons. The van der Waals surface area contributed by atoms with Gasteiger partial charge >= 0.3 is 17.9 Å². The molecule has 4 atom stereocenters. The Kier molecular flexibility index (Phi) is 8.30. The first-order valence-electron chi connectivity index (χ1n) is 11.2. The summed E-state index contributed by atoms with van der Waals surface area (Å²) in [6.07, 6.45) is -3.29. The topological polar surface area (TPSA) is 123 Å². The van der Waals surface area contributed by atoms with Gasteiger partial charge < -0.3 is 18.9 Å². The Morgan fingerprint density at radius 3 is 2.27 bits per heavy atom. The largest absolute Gasteiger partial charge is 0.456 e. The highest BCUT2D eigenvalue weighted by Crippen LogP contribution is 2.35. The lowest BCUT2D eigenvalue weighted by Crippen LogP contribution is -2.56. The van der Waals surface area contributed by atoms with Crippen molar-refractivity contribution in [2.45, 2.75) is 49.7 Å². The van der Waals surface area contributed by atoms with Crippen LogP contribution in [0.5, 0.6) is 0 Å². The van der Waals surface area contributed by atoms with E-state index in [-0.39, 0.29) is 17.3 Å². The first-order valence-corrected chi connectivity index (χ1v) is 12.9. The fourth-order valence-electron chi connectivity index (χ4n) is 3.94. The molecule has 0 radical (unpaired) electrons. The second-order valence-electron chi connectivity index (χ2n) is 8.15. The van der Waals surface area contributed by atoms with Crippen LogP contribution in [0.4, 0.5) is 0 Å². The molecule has 12 heteroatoms. The maximum atomic E-state index is 13.6. The van der Waals surface area contributed by atoms with E-state index in [1.165, 1.54) is 25.3 Å². The van der Waals surface area contributed by atoms with Crippen molar-refractivity contribution in [1.82, 2.24) is 9.55 Å². The van der Waals surface area contributed by atoms with Gasteiger partial charge in [-0.3, -0.25) is 23.7 Å². The van der Waals surface area contributed by atoms with E-state index in [0.717, 1.165) is 16.2 Å². The van der Waals surface area contributed by atoms with Crippen molar-refractivity contribution in [3.63, 3.8) is 0 Å². The molecule has 4 unspecified atom stereocenters. The first kappa shape index (κ1) is 26.8. The van der Waals surface area contributed by atoms with Crippen LogP contribution in [0.3, 0.4) is 0 Å². The van der Waals surface area contributed by atoms with Gasteiger partial charge in [0.05, 0.1) is 23.2 Å². The fourth-order valence-corrected chi connectivity index (χ4v) is 5.44. The minimum atomic E-state index is -1.16. The van der Waals surface area contributed by atoms with E-state index in [9.17, 15) is 19.2 Å². The summed E-state index contributed by atoms with van der Waals surface area (Å²) in [4.78, 5) is 53.9. The maximum Gasteiger partial charge on any atom is 0.303 e. The van der Waals surface area contributed by atoms with Crippen LogP contribution in [0.2, 0.25) is 0 Å². The average Bonchev–Trinajstić information content (AvgIpc) is 2.83. The molecule has 1 aliphatic heterocycles. The zero-order valence-electron chi connectivity index (χ0n) is 20.1. The van der Waals surface area contributed by atoms with Crippen molar-refractivity contribution in [1.29, 1.82) is 0 Å². The molecule has 1 aromatic heterocycles. The number of fused-ring (bicyclic) bond motifs is 1. The number of rotatable bonds is 6. The van der Waals surface area contributed by atoms with E-state index in [1.807, 2.05) is 6.07 Å². The second kappa shape index (κ2) is 11.4. The summed E-state index contributed by atoms with van der Waals surface area (Å²) < 4.78 is 24.3. The molecule has 0 aliphatic carbocycles. The summed E-state index contributed by atoms with van der Waals surface area (Å²) in [5.74, 6) is -1.92. The van der Waals surface area contributed by atoms with Gasteiger partial charge in [-0.2, -0.15) is 0 Å². The second-order valence-corrected chi connectivity index (χ2v) is 10.1. The molecule has 1 saturated heterocycles. The summed E-state index contributed by atoms with van der Waals surface area (Å²) >= 11 is 4.43. The standard InChI is InChI=1S/C25H23BrN2O8S/c1-13(29)34-20-12-33-24(22(36-15(3)31)21(20)35-14(2)30)37-25-27-19-10-9-16(26)11-18(19)23(32)28(25)17-7-5-4-6-8-17/h4-11,20-22,24H,12H2,1-3H3. The fraction of sp³-hybridized carbons (Fsp3) is 0.320. The predicted molar refractivity (Wildman–Crippen MR) is 137 cm³/mol. The van der Waals surface area contributed by atoms with Gasteiger partial charge in [0.1, 0.15) is 0 Å². The molecular formula is C25H23BrN2O8S. The molecular weight excluding hydrogens is 568 g/mol. The van der Waals surface area contributed by atoms with Crippen molar-refractivity contribution in [2.75, 3.05) is 6.61 Å². The minimum Gasteiger partial charge on any atom is -0.456 e. The number of nitrogens with zero attached hydrogens (tertiary/aromatic N) is 2. The molecule has 4 rings (SSSR count). The highest BCUT2D eigenvalue weighted by atomic mass is 79.9. The van der Waals surface area contributed by atoms with Crippen LogP contribution in [0.15, 0.2) is 63.0 Å². The minimum absolute atomic E-state index is 0.136. The molecule has 37 heavy (non-hydrogen) atoms. The summed E-state index contributed by atoms with van der Waals surface area (Å²) in [5.41, 5.74) is -0.236. The van der Waals surface area contributed by atoms with Crippen LogP contribution in [0.1, 0.15) is 20.8 Å². The van der Waals surface area contributed by atoms with Crippen LogP contribution < -0.4 is 5.56 Å². The number of ether oxygens (including phenoxy) is 4. The molecule has 0 bridgehead atoms. The van der Waals surface area contributed by atoms with Crippen molar-refractivity contribution in [2.24, 2.45) is 0 Å². The Morgan fingerprint density at radius 2 is 1.62 bits per heavy atom. The number of hydrogen-bond donors (Lipinski definition) is 0. The monoisotopic (exact) mass is 590 g/mol. The average molecular weight is 591 g/mol. The molecule has 3 aromatic rings. The molecule has 2 aromatic carbocycles. The molecule has 1 fully saturated rings. The SMILES string of the molecule is CC(=O)OC1COC(Sc2nc3ccc(Br)cc3c(=O)n2-c2ccccc2)C(OC(C)=O)C1OC(C)=O. The number of benzene rings is 2. The smallest absolute Gasteiger partial charge is 0.303 e. The van der Waals surface area contributed by atoms with Crippen LogP contribution in [-0.2, 0) is 33.3 Å². The predicted octanol–water partition coefficient (Wildman–Crippen LogP) is 3.39. The third kappa shape index (κ3) is 6.20. The third-order valence-corrected chi connectivity index (χ3v) is 6.95. The van der Waals surface area contributed by atoms with E-state index in [2.05, 4.69) is 15.9 Å². The van der Waals surface area contributed by atoms with Crippen molar-refractivity contribution in [3.8, 4) is 5.69 Å². The first-order chi connectivity index (χ1) is 17.6. The van der Waals surface area contributed by atoms with E-state index in [4.69, 9.17) is 23.9 Å². The highest BCUT2D eigenvalue weighted by molar-refractivity contribution is 9.10. The van der Waals surface area contributed by atoms with E-state index < -0.39 is 41.7 Å². The van der Waals surface area contributed by atoms with Crippen LogP contribution >= 0.6 is 27.7 Å². The third-order valence-electron chi connectivity index (χ3n) is 5.34. The Balaban J connectivity index is 1.81. The molecule has 10 nitrogen and oxygen atoms in total. The molecule has 0 N–H and O–H groups in total. The number of thioether (sulfide) groups is 1. The number of esters is 3. The lowest BCUT2D eigenvalue weighted by Gasteiger charge is -2.40. The number of halogens is 1. The van der Waals surface area contributed by atoms with E-state index >= 15 is 0 Å². The van der Waals surface area contributed by atoms with Gasteiger partial charge in [-0.25, -0.2) is 4.98 Å². The Hall–Kier alpha value is -3.22. The van der Waals surface area contributed by atoms with E-state index in [0.29, 0.717) is 16.6 Å². The maximum absolute atomic E-state index is 13.6. The number of aromatic nitrogens is 2. The lowest BCUT2D eigenvalue weighted by atomic mass is 10.1. The number of hydrogen-bond acceptors (Lipinski definition) is 10. The van der Waals surface area contributed by atoms with Crippen molar-refractivity contribution in [3.05, 3.63) is 63.4 Å². The molecule has 0 amide bonds.